The van der Waals surface area contributed by atoms with Crippen molar-refractivity contribution in [1.29, 1.82) is 0 Å². The highest BCUT2D eigenvalue weighted by Crippen LogP contribution is 2.41. The molecule has 2 nitrogen and oxygen atoms in total. The maximum absolute atomic E-state index is 11.4. The van der Waals surface area contributed by atoms with Crippen LogP contribution in [0.4, 0.5) is 0 Å². The summed E-state index contributed by atoms with van der Waals surface area (Å²) >= 11 is 0. The van der Waals surface area contributed by atoms with Crippen LogP contribution in [0.5, 0.6) is 0 Å². The van der Waals surface area contributed by atoms with Gasteiger partial charge in [-0.2, -0.15) is 0 Å². The van der Waals surface area contributed by atoms with Crippen molar-refractivity contribution in [2.75, 3.05) is 7.11 Å². The number of fused-ring (bicyclic) bond motifs is 2. The molecule has 0 N–H and O–H groups in total. The molecule has 0 spiro atoms. The molecular formula is C9H12O2. The van der Waals surface area contributed by atoms with E-state index in [4.69, 9.17) is 4.74 Å². The second kappa shape index (κ2) is 2.18. The van der Waals surface area contributed by atoms with Crippen molar-refractivity contribution < 1.29 is 9.53 Å². The maximum Gasteiger partial charge on any atom is 0.187 e. The fourth-order valence-electron chi connectivity index (χ4n) is 2.10. The van der Waals surface area contributed by atoms with E-state index in [0.717, 1.165) is 19.3 Å². The summed E-state index contributed by atoms with van der Waals surface area (Å²) in [6, 6.07) is 0. The van der Waals surface area contributed by atoms with E-state index in [2.05, 4.69) is 0 Å². The first-order chi connectivity index (χ1) is 5.27. The minimum atomic E-state index is -0.431. The number of hydrogen-bond acceptors (Lipinski definition) is 2. The van der Waals surface area contributed by atoms with E-state index < -0.39 is 5.60 Å². The molecule has 0 radical (unpaired) electrons. The molecule has 0 aromatic carbocycles. The van der Waals surface area contributed by atoms with Gasteiger partial charge in [-0.05, 0) is 31.3 Å². The molecule has 0 aromatic rings. The third kappa shape index (κ3) is 0.857. The first kappa shape index (κ1) is 7.04. The van der Waals surface area contributed by atoms with Gasteiger partial charge in [-0.1, -0.05) is 6.08 Å². The van der Waals surface area contributed by atoms with Gasteiger partial charge in [0.1, 0.15) is 5.60 Å². The Morgan fingerprint density at radius 3 is 3.18 bits per heavy atom. The predicted octanol–water partition coefficient (Wildman–Crippen LogP) is 1.31. The van der Waals surface area contributed by atoms with Crippen molar-refractivity contribution >= 4 is 5.78 Å². The SMILES string of the molecule is CO[C@]12CC[C@H](C=CC1=O)C2. The maximum atomic E-state index is 11.4. The van der Waals surface area contributed by atoms with Crippen molar-refractivity contribution in [3.8, 4) is 0 Å². The molecule has 2 heteroatoms. The Balaban J connectivity index is 2.34. The van der Waals surface area contributed by atoms with Gasteiger partial charge >= 0.3 is 0 Å². The van der Waals surface area contributed by atoms with E-state index in [0.29, 0.717) is 5.92 Å². The first-order valence-electron chi connectivity index (χ1n) is 4.05. The lowest BCUT2D eigenvalue weighted by atomic mass is 9.90. The van der Waals surface area contributed by atoms with E-state index >= 15 is 0 Å². The molecule has 0 amide bonds. The highest BCUT2D eigenvalue weighted by molar-refractivity contribution is 5.98. The van der Waals surface area contributed by atoms with Crippen molar-refractivity contribution in [3.63, 3.8) is 0 Å². The Morgan fingerprint density at radius 1 is 1.73 bits per heavy atom. The van der Waals surface area contributed by atoms with Gasteiger partial charge in [0.25, 0.3) is 0 Å². The Hall–Kier alpha value is -0.630. The lowest BCUT2D eigenvalue weighted by Gasteiger charge is -2.26. The Labute approximate surface area is 66.2 Å². The van der Waals surface area contributed by atoms with Crippen LogP contribution in [0.3, 0.4) is 0 Å². The minimum absolute atomic E-state index is 0.161. The summed E-state index contributed by atoms with van der Waals surface area (Å²) in [5.74, 6) is 0.751. The van der Waals surface area contributed by atoms with Gasteiger partial charge in [0.15, 0.2) is 5.78 Å². The average molecular weight is 152 g/mol. The molecule has 0 unspecified atom stereocenters. The molecule has 2 aliphatic carbocycles. The van der Waals surface area contributed by atoms with Crippen molar-refractivity contribution in [1.82, 2.24) is 0 Å². The fourth-order valence-corrected chi connectivity index (χ4v) is 2.10. The number of carbonyl (C=O) groups is 1. The standard InChI is InChI=1S/C9H12O2/c1-11-9-5-4-7(6-9)2-3-8(9)10/h2-3,7H,4-6H2,1H3/t7-,9-/m0/s1. The van der Waals surface area contributed by atoms with Gasteiger partial charge in [-0.25, -0.2) is 0 Å². The van der Waals surface area contributed by atoms with Gasteiger partial charge in [0, 0.05) is 7.11 Å². The summed E-state index contributed by atoms with van der Waals surface area (Å²) < 4.78 is 5.28. The molecule has 0 aromatic heterocycles. The fraction of sp³-hybridized carbons (Fsp3) is 0.667. The lowest BCUT2D eigenvalue weighted by molar-refractivity contribution is -0.135. The van der Waals surface area contributed by atoms with Crippen molar-refractivity contribution in [2.45, 2.75) is 24.9 Å². The molecular weight excluding hydrogens is 140 g/mol. The molecule has 1 fully saturated rings. The molecule has 0 saturated heterocycles. The van der Waals surface area contributed by atoms with E-state index in [1.54, 1.807) is 13.2 Å². The van der Waals surface area contributed by atoms with Gasteiger partial charge < -0.3 is 4.74 Å². The van der Waals surface area contributed by atoms with Crippen LogP contribution < -0.4 is 0 Å². The second-order valence-corrected chi connectivity index (χ2v) is 3.42. The van der Waals surface area contributed by atoms with E-state index in [-0.39, 0.29) is 5.78 Å². The van der Waals surface area contributed by atoms with Crippen LogP contribution >= 0.6 is 0 Å². The predicted molar refractivity (Wildman–Crippen MR) is 41.2 cm³/mol. The Morgan fingerprint density at radius 2 is 2.55 bits per heavy atom. The van der Waals surface area contributed by atoms with E-state index in [9.17, 15) is 4.79 Å². The first-order valence-corrected chi connectivity index (χ1v) is 4.05. The number of ketones is 1. The zero-order valence-corrected chi connectivity index (χ0v) is 6.67. The zero-order valence-electron chi connectivity index (χ0n) is 6.67. The summed E-state index contributed by atoms with van der Waals surface area (Å²) in [7, 11) is 1.64. The minimum Gasteiger partial charge on any atom is -0.370 e. The van der Waals surface area contributed by atoms with Crippen molar-refractivity contribution in [2.24, 2.45) is 5.92 Å². The summed E-state index contributed by atoms with van der Waals surface area (Å²) in [4.78, 5) is 11.4. The third-order valence-electron chi connectivity index (χ3n) is 2.87. The highest BCUT2D eigenvalue weighted by atomic mass is 16.5. The number of carbonyl (C=O) groups excluding carboxylic acids is 1. The number of rotatable bonds is 1. The van der Waals surface area contributed by atoms with Gasteiger partial charge in [-0.15, -0.1) is 0 Å². The van der Waals surface area contributed by atoms with Crippen LogP contribution in [-0.4, -0.2) is 18.5 Å². The zero-order chi connectivity index (χ0) is 7.90. The monoisotopic (exact) mass is 152 g/mol. The normalized spacial score (nSPS) is 41.5. The third-order valence-corrected chi connectivity index (χ3v) is 2.87. The van der Waals surface area contributed by atoms with Gasteiger partial charge in [-0.3, -0.25) is 4.79 Å². The molecule has 60 valence electrons. The quantitative estimate of drug-likeness (QED) is 0.566. The largest absolute Gasteiger partial charge is 0.370 e. The number of ether oxygens (including phenoxy) is 1. The van der Waals surface area contributed by atoms with Crippen molar-refractivity contribution in [3.05, 3.63) is 12.2 Å². The van der Waals surface area contributed by atoms with Crippen LogP contribution in [0.25, 0.3) is 0 Å². The van der Waals surface area contributed by atoms with E-state index in [1.165, 1.54) is 0 Å². The number of allylic oxidation sites excluding steroid dienone is 1. The lowest BCUT2D eigenvalue weighted by Crippen LogP contribution is -2.38. The molecule has 1 saturated carbocycles. The van der Waals surface area contributed by atoms with Crippen LogP contribution in [-0.2, 0) is 9.53 Å². The molecule has 0 aliphatic heterocycles. The Bertz CT molecular complexity index is 220. The molecule has 2 aliphatic rings. The molecule has 2 rings (SSSR count). The molecule has 2 bridgehead atoms. The summed E-state index contributed by atoms with van der Waals surface area (Å²) in [6.45, 7) is 0. The second-order valence-electron chi connectivity index (χ2n) is 3.42. The molecule has 2 atom stereocenters. The smallest absolute Gasteiger partial charge is 0.187 e. The van der Waals surface area contributed by atoms with Crippen LogP contribution in [0, 0.1) is 5.92 Å². The summed E-state index contributed by atoms with van der Waals surface area (Å²) in [5.41, 5.74) is -0.431. The highest BCUT2D eigenvalue weighted by Gasteiger charge is 2.45. The van der Waals surface area contributed by atoms with Gasteiger partial charge in [0.2, 0.25) is 0 Å². The van der Waals surface area contributed by atoms with Gasteiger partial charge in [0.05, 0.1) is 0 Å². The summed E-state index contributed by atoms with van der Waals surface area (Å²) in [6.07, 6.45) is 6.62. The van der Waals surface area contributed by atoms with E-state index in [1.807, 2.05) is 6.08 Å². The number of hydrogen-bond donors (Lipinski definition) is 0. The Kier molecular flexibility index (Phi) is 1.39. The van der Waals surface area contributed by atoms with Crippen LogP contribution in [0.2, 0.25) is 0 Å². The van der Waals surface area contributed by atoms with Crippen LogP contribution in [0.15, 0.2) is 12.2 Å². The van der Waals surface area contributed by atoms with Crippen LogP contribution in [0.1, 0.15) is 19.3 Å². The number of methoxy groups -OCH3 is 1. The topological polar surface area (TPSA) is 26.3 Å². The molecule has 11 heavy (non-hydrogen) atoms. The molecule has 0 heterocycles. The summed E-state index contributed by atoms with van der Waals surface area (Å²) in [5, 5.41) is 0. The average Bonchev–Trinajstić information content (AvgIpc) is 2.39.